The number of rotatable bonds is 10. The Morgan fingerprint density at radius 3 is 2.35 bits per heavy atom. The molecule has 0 spiro atoms. The molecule has 0 atom stereocenters. The molecule has 26 heavy (non-hydrogen) atoms. The third-order valence-electron chi connectivity index (χ3n) is 4.49. The second kappa shape index (κ2) is 10.7. The molecule has 2 N–H and O–H groups in total. The fourth-order valence-electron chi connectivity index (χ4n) is 3.08. The fourth-order valence-corrected chi connectivity index (χ4v) is 3.08. The Morgan fingerprint density at radius 2 is 1.77 bits per heavy atom. The second-order valence-electron chi connectivity index (χ2n) is 6.32. The van der Waals surface area contributed by atoms with Gasteiger partial charge in [0, 0.05) is 30.8 Å². The first kappa shape index (κ1) is 20.1. The molecule has 0 saturated heterocycles. The Morgan fingerprint density at radius 1 is 1.04 bits per heavy atom. The predicted octanol–water partition coefficient (Wildman–Crippen LogP) is 3.52. The minimum atomic E-state index is -0.0522. The van der Waals surface area contributed by atoms with Gasteiger partial charge in [0.15, 0.2) is 11.5 Å². The molecule has 1 amide bonds. The van der Waals surface area contributed by atoms with Crippen molar-refractivity contribution >= 4 is 11.6 Å². The number of amides is 1. The minimum absolute atomic E-state index is 0.0522. The molecule has 0 heterocycles. The van der Waals surface area contributed by atoms with E-state index in [1.807, 2.05) is 0 Å². The van der Waals surface area contributed by atoms with Crippen LogP contribution in [0.15, 0.2) is 23.8 Å². The molecule has 0 aliphatic heterocycles. The number of benzene rings is 1. The number of carbonyl (C=O) groups excluding carboxylic acids is 1. The van der Waals surface area contributed by atoms with Crippen LogP contribution in [-0.2, 0) is 4.79 Å². The summed E-state index contributed by atoms with van der Waals surface area (Å²) in [5.41, 5.74) is 2.17. The smallest absolute Gasteiger partial charge is 0.225 e. The van der Waals surface area contributed by atoms with Gasteiger partial charge in [0.1, 0.15) is 0 Å². The number of nitrogens with one attached hydrogen (secondary N) is 2. The summed E-state index contributed by atoms with van der Waals surface area (Å²) in [5.74, 6) is 1.48. The van der Waals surface area contributed by atoms with E-state index in [0.717, 1.165) is 13.0 Å². The number of hydrogen-bond acceptors (Lipinski definition) is 5. The highest BCUT2D eigenvalue weighted by Crippen LogP contribution is 2.39. The molecule has 2 rings (SSSR count). The Balaban J connectivity index is 1.77. The summed E-state index contributed by atoms with van der Waals surface area (Å²) in [6.07, 6.45) is 8.92. The maximum atomic E-state index is 12.2. The monoisotopic (exact) mass is 362 g/mol. The van der Waals surface area contributed by atoms with Gasteiger partial charge in [0.05, 0.1) is 21.3 Å². The Bertz CT molecular complexity index is 603. The first-order chi connectivity index (χ1) is 12.7. The summed E-state index contributed by atoms with van der Waals surface area (Å²) in [4.78, 5) is 12.2. The number of hydrogen-bond donors (Lipinski definition) is 2. The normalized spacial score (nSPS) is 13.7. The Kier molecular flexibility index (Phi) is 8.28. The molecule has 0 bridgehead atoms. The topological polar surface area (TPSA) is 68.8 Å². The summed E-state index contributed by atoms with van der Waals surface area (Å²) in [6, 6.07) is 3.45. The van der Waals surface area contributed by atoms with Crippen molar-refractivity contribution in [3.63, 3.8) is 0 Å². The molecule has 0 saturated carbocycles. The van der Waals surface area contributed by atoms with E-state index in [2.05, 4.69) is 16.7 Å². The van der Waals surface area contributed by atoms with Crippen molar-refractivity contribution in [2.24, 2.45) is 0 Å². The molecular formula is C20H30N2O4. The van der Waals surface area contributed by atoms with Gasteiger partial charge < -0.3 is 24.8 Å². The van der Waals surface area contributed by atoms with E-state index in [4.69, 9.17) is 14.2 Å². The van der Waals surface area contributed by atoms with Crippen LogP contribution in [-0.4, -0.2) is 40.3 Å². The van der Waals surface area contributed by atoms with Crippen LogP contribution < -0.4 is 24.8 Å². The summed E-state index contributed by atoms with van der Waals surface area (Å²) in [6.45, 7) is 1.58. The van der Waals surface area contributed by atoms with E-state index in [0.29, 0.717) is 35.9 Å². The molecule has 6 heteroatoms. The lowest BCUT2D eigenvalue weighted by Gasteiger charge is -2.15. The van der Waals surface area contributed by atoms with Crippen molar-refractivity contribution in [1.29, 1.82) is 0 Å². The van der Waals surface area contributed by atoms with Crippen LogP contribution in [0.1, 0.15) is 38.5 Å². The zero-order valence-electron chi connectivity index (χ0n) is 16.0. The third kappa shape index (κ3) is 5.95. The summed E-state index contributed by atoms with van der Waals surface area (Å²) >= 11 is 0. The quantitative estimate of drug-likeness (QED) is 0.492. The van der Waals surface area contributed by atoms with Crippen molar-refractivity contribution in [3.8, 4) is 17.2 Å². The van der Waals surface area contributed by atoms with Crippen LogP contribution in [0.3, 0.4) is 0 Å². The van der Waals surface area contributed by atoms with Crippen LogP contribution in [0.5, 0.6) is 17.2 Å². The van der Waals surface area contributed by atoms with Crippen molar-refractivity contribution in [2.75, 3.05) is 39.7 Å². The average Bonchev–Trinajstić information content (AvgIpc) is 2.67. The first-order valence-corrected chi connectivity index (χ1v) is 9.16. The van der Waals surface area contributed by atoms with Gasteiger partial charge in [0.25, 0.3) is 0 Å². The van der Waals surface area contributed by atoms with Gasteiger partial charge in [-0.05, 0) is 38.6 Å². The van der Waals surface area contributed by atoms with Gasteiger partial charge in [-0.15, -0.1) is 0 Å². The molecule has 1 aliphatic rings. The van der Waals surface area contributed by atoms with E-state index in [-0.39, 0.29) is 5.91 Å². The Labute approximate surface area is 155 Å². The fraction of sp³-hybridized carbons (Fsp3) is 0.550. The third-order valence-corrected chi connectivity index (χ3v) is 4.49. The van der Waals surface area contributed by atoms with Crippen LogP contribution >= 0.6 is 0 Å². The van der Waals surface area contributed by atoms with Gasteiger partial charge in [0.2, 0.25) is 11.7 Å². The molecule has 1 aromatic carbocycles. The zero-order valence-corrected chi connectivity index (χ0v) is 16.0. The standard InChI is InChI=1S/C20H30N2O4/c1-24-17-13-16(14-18(25-2)20(17)26-3)22-19(23)10-12-21-11-9-15-7-5-4-6-8-15/h7,13-14,21H,4-6,8-12H2,1-3H3,(H,22,23). The second-order valence-corrected chi connectivity index (χ2v) is 6.32. The van der Waals surface area contributed by atoms with E-state index < -0.39 is 0 Å². The largest absolute Gasteiger partial charge is 0.493 e. The lowest BCUT2D eigenvalue weighted by Crippen LogP contribution is -2.23. The lowest BCUT2D eigenvalue weighted by atomic mass is 9.97. The summed E-state index contributed by atoms with van der Waals surface area (Å²) in [7, 11) is 4.65. The Hall–Kier alpha value is -2.21. The van der Waals surface area contributed by atoms with Crippen molar-refractivity contribution in [1.82, 2.24) is 5.32 Å². The number of carbonyl (C=O) groups is 1. The van der Waals surface area contributed by atoms with Gasteiger partial charge >= 0.3 is 0 Å². The van der Waals surface area contributed by atoms with Gasteiger partial charge in [-0.25, -0.2) is 0 Å². The highest BCUT2D eigenvalue weighted by atomic mass is 16.5. The van der Waals surface area contributed by atoms with Crippen molar-refractivity contribution in [3.05, 3.63) is 23.8 Å². The molecule has 6 nitrogen and oxygen atoms in total. The molecular weight excluding hydrogens is 332 g/mol. The van der Waals surface area contributed by atoms with Crippen LogP contribution in [0.2, 0.25) is 0 Å². The van der Waals surface area contributed by atoms with Gasteiger partial charge in [-0.2, -0.15) is 0 Å². The van der Waals surface area contributed by atoms with Crippen molar-refractivity contribution in [2.45, 2.75) is 38.5 Å². The summed E-state index contributed by atoms with van der Waals surface area (Å²) < 4.78 is 15.9. The van der Waals surface area contributed by atoms with Crippen LogP contribution in [0, 0.1) is 0 Å². The van der Waals surface area contributed by atoms with E-state index >= 15 is 0 Å². The maximum Gasteiger partial charge on any atom is 0.225 e. The molecule has 144 valence electrons. The van der Waals surface area contributed by atoms with Gasteiger partial charge in [-0.1, -0.05) is 11.6 Å². The first-order valence-electron chi connectivity index (χ1n) is 9.16. The van der Waals surface area contributed by atoms with E-state index in [9.17, 15) is 4.79 Å². The highest BCUT2D eigenvalue weighted by molar-refractivity contribution is 5.91. The molecule has 1 aliphatic carbocycles. The molecule has 1 aromatic rings. The average molecular weight is 362 g/mol. The molecule has 0 fully saturated rings. The number of methoxy groups -OCH3 is 3. The highest BCUT2D eigenvalue weighted by Gasteiger charge is 2.14. The lowest BCUT2D eigenvalue weighted by molar-refractivity contribution is -0.116. The van der Waals surface area contributed by atoms with Crippen molar-refractivity contribution < 1.29 is 19.0 Å². The minimum Gasteiger partial charge on any atom is -0.493 e. The SMILES string of the molecule is COc1cc(NC(=O)CCNCCC2=CCCCC2)cc(OC)c1OC. The van der Waals surface area contributed by atoms with Gasteiger partial charge in [-0.3, -0.25) is 4.79 Å². The predicted molar refractivity (Wildman–Crippen MR) is 103 cm³/mol. The number of anilines is 1. The van der Waals surface area contributed by atoms with Crippen LogP contribution in [0.4, 0.5) is 5.69 Å². The maximum absolute atomic E-state index is 12.2. The van der Waals surface area contributed by atoms with E-state index in [1.54, 1.807) is 39.0 Å². The number of ether oxygens (including phenoxy) is 3. The number of allylic oxidation sites excluding steroid dienone is 1. The molecule has 0 aromatic heterocycles. The zero-order chi connectivity index (χ0) is 18.8. The molecule has 0 unspecified atom stereocenters. The van der Waals surface area contributed by atoms with Crippen LogP contribution in [0.25, 0.3) is 0 Å². The summed E-state index contributed by atoms with van der Waals surface area (Å²) in [5, 5.41) is 6.22. The van der Waals surface area contributed by atoms with E-state index in [1.165, 1.54) is 25.7 Å². The molecule has 0 radical (unpaired) electrons.